The molecule has 0 aliphatic carbocycles. The Hall–Kier alpha value is -1.69. The lowest BCUT2D eigenvalue weighted by atomic mass is 9.95. The molecule has 0 fully saturated rings. The van der Waals surface area contributed by atoms with Crippen molar-refractivity contribution in [3.63, 3.8) is 0 Å². The second kappa shape index (κ2) is 5.52. The number of anilines is 1. The van der Waals surface area contributed by atoms with E-state index in [0.717, 1.165) is 18.4 Å². The van der Waals surface area contributed by atoms with Gasteiger partial charge in [0.15, 0.2) is 11.5 Å². The van der Waals surface area contributed by atoms with E-state index in [-0.39, 0.29) is 0 Å². The Morgan fingerprint density at radius 1 is 1.37 bits per heavy atom. The molecule has 2 heterocycles. The molecule has 0 aliphatic heterocycles. The second-order valence-corrected chi connectivity index (χ2v) is 5.61. The van der Waals surface area contributed by atoms with Crippen LogP contribution in [0.25, 0.3) is 11.2 Å². The molecule has 0 aliphatic rings. The lowest BCUT2D eigenvalue weighted by Gasteiger charge is -2.24. The highest BCUT2D eigenvalue weighted by Crippen LogP contribution is 2.19. The standard InChI is InChI=1S/C13H21N5O/c1-9(2)4-5-13(3,19)6-14-11-10-12(16-7-15-10)18-8-17-11/h7-9,19H,4-6H2,1-3H3,(H2,14,15,16,17,18)/t13-/m0/s1. The number of nitrogens with zero attached hydrogens (tertiary/aromatic N) is 3. The smallest absolute Gasteiger partial charge is 0.182 e. The topological polar surface area (TPSA) is 86.7 Å². The first-order valence-electron chi connectivity index (χ1n) is 6.58. The van der Waals surface area contributed by atoms with Gasteiger partial charge in [-0.05, 0) is 25.7 Å². The zero-order valence-electron chi connectivity index (χ0n) is 11.6. The van der Waals surface area contributed by atoms with Crippen LogP contribution in [0.5, 0.6) is 0 Å². The summed E-state index contributed by atoms with van der Waals surface area (Å²) in [5.41, 5.74) is 0.642. The van der Waals surface area contributed by atoms with Crippen molar-refractivity contribution >= 4 is 17.0 Å². The van der Waals surface area contributed by atoms with Gasteiger partial charge in [-0.25, -0.2) is 15.0 Å². The number of aromatic amines is 1. The largest absolute Gasteiger partial charge is 0.388 e. The third kappa shape index (κ3) is 3.64. The van der Waals surface area contributed by atoms with E-state index in [2.05, 4.69) is 39.1 Å². The van der Waals surface area contributed by atoms with Gasteiger partial charge in [-0.2, -0.15) is 0 Å². The summed E-state index contributed by atoms with van der Waals surface area (Å²) in [5, 5.41) is 13.5. The number of hydrogen-bond acceptors (Lipinski definition) is 5. The highest BCUT2D eigenvalue weighted by Gasteiger charge is 2.21. The number of fused-ring (bicyclic) bond motifs is 1. The van der Waals surface area contributed by atoms with Gasteiger partial charge in [0.25, 0.3) is 0 Å². The third-order valence-corrected chi connectivity index (χ3v) is 3.12. The Balaban J connectivity index is 2.00. The maximum Gasteiger partial charge on any atom is 0.182 e. The van der Waals surface area contributed by atoms with Gasteiger partial charge in [0, 0.05) is 6.54 Å². The van der Waals surface area contributed by atoms with Crippen molar-refractivity contribution in [3.05, 3.63) is 12.7 Å². The van der Waals surface area contributed by atoms with Crippen LogP contribution in [0.15, 0.2) is 12.7 Å². The zero-order chi connectivity index (χ0) is 13.9. The van der Waals surface area contributed by atoms with Gasteiger partial charge >= 0.3 is 0 Å². The Morgan fingerprint density at radius 2 is 2.16 bits per heavy atom. The van der Waals surface area contributed by atoms with E-state index < -0.39 is 5.60 Å². The average molecular weight is 263 g/mol. The van der Waals surface area contributed by atoms with E-state index >= 15 is 0 Å². The van der Waals surface area contributed by atoms with Crippen LogP contribution in [-0.4, -0.2) is 37.2 Å². The minimum Gasteiger partial charge on any atom is -0.388 e. The van der Waals surface area contributed by atoms with Gasteiger partial charge < -0.3 is 15.4 Å². The minimum absolute atomic E-state index is 0.449. The van der Waals surface area contributed by atoms with E-state index in [4.69, 9.17) is 0 Å². The Labute approximate surface area is 112 Å². The molecule has 3 N–H and O–H groups in total. The fourth-order valence-electron chi connectivity index (χ4n) is 1.86. The fraction of sp³-hybridized carbons (Fsp3) is 0.615. The van der Waals surface area contributed by atoms with Crippen molar-refractivity contribution < 1.29 is 5.11 Å². The first-order valence-corrected chi connectivity index (χ1v) is 6.58. The molecule has 0 radical (unpaired) electrons. The number of nitrogens with one attached hydrogen (secondary N) is 2. The summed E-state index contributed by atoms with van der Waals surface area (Å²) >= 11 is 0. The van der Waals surface area contributed by atoms with Gasteiger partial charge in [0.1, 0.15) is 11.8 Å². The molecule has 19 heavy (non-hydrogen) atoms. The molecule has 0 saturated carbocycles. The Kier molecular flexibility index (Phi) is 3.99. The van der Waals surface area contributed by atoms with Crippen LogP contribution in [0.3, 0.4) is 0 Å². The molecule has 0 bridgehead atoms. The van der Waals surface area contributed by atoms with Crippen molar-refractivity contribution in [2.75, 3.05) is 11.9 Å². The summed E-state index contributed by atoms with van der Waals surface area (Å²) in [4.78, 5) is 15.3. The number of aliphatic hydroxyl groups is 1. The van der Waals surface area contributed by atoms with E-state index in [9.17, 15) is 5.11 Å². The fourth-order valence-corrected chi connectivity index (χ4v) is 1.86. The summed E-state index contributed by atoms with van der Waals surface area (Å²) in [5.74, 6) is 1.26. The third-order valence-electron chi connectivity index (χ3n) is 3.12. The van der Waals surface area contributed by atoms with Crippen molar-refractivity contribution in [2.24, 2.45) is 5.92 Å². The molecule has 2 rings (SSSR count). The number of rotatable bonds is 6. The monoisotopic (exact) mass is 263 g/mol. The van der Waals surface area contributed by atoms with Gasteiger partial charge in [0.05, 0.1) is 11.9 Å². The summed E-state index contributed by atoms with van der Waals surface area (Å²) in [7, 11) is 0. The van der Waals surface area contributed by atoms with Crippen molar-refractivity contribution in [1.82, 2.24) is 19.9 Å². The maximum atomic E-state index is 10.3. The Morgan fingerprint density at radius 3 is 2.89 bits per heavy atom. The van der Waals surface area contributed by atoms with Crippen molar-refractivity contribution in [1.29, 1.82) is 0 Å². The molecular formula is C13H21N5O. The van der Waals surface area contributed by atoms with E-state index in [1.165, 1.54) is 6.33 Å². The molecule has 6 heteroatoms. The second-order valence-electron chi connectivity index (χ2n) is 5.61. The highest BCUT2D eigenvalue weighted by molar-refractivity contribution is 5.81. The predicted molar refractivity (Wildman–Crippen MR) is 74.9 cm³/mol. The van der Waals surface area contributed by atoms with Crippen LogP contribution in [0.2, 0.25) is 0 Å². The van der Waals surface area contributed by atoms with Gasteiger partial charge in [-0.15, -0.1) is 0 Å². The van der Waals surface area contributed by atoms with Crippen LogP contribution >= 0.6 is 0 Å². The molecule has 0 saturated heterocycles. The van der Waals surface area contributed by atoms with Crippen molar-refractivity contribution in [2.45, 2.75) is 39.2 Å². The van der Waals surface area contributed by atoms with Gasteiger partial charge in [-0.3, -0.25) is 0 Å². The van der Waals surface area contributed by atoms with Crippen LogP contribution in [0, 0.1) is 5.92 Å². The van der Waals surface area contributed by atoms with Crippen LogP contribution in [0.4, 0.5) is 5.82 Å². The number of imidazole rings is 1. The van der Waals surface area contributed by atoms with Crippen molar-refractivity contribution in [3.8, 4) is 0 Å². The SMILES string of the molecule is CC(C)CC[C@](C)(O)CNc1ncnc2nc[nH]c12. The van der Waals surface area contributed by atoms with E-state index in [1.54, 1.807) is 6.33 Å². The molecule has 2 aromatic heterocycles. The molecule has 0 aromatic carbocycles. The molecule has 104 valence electrons. The van der Waals surface area contributed by atoms with Crippen LogP contribution in [-0.2, 0) is 0 Å². The van der Waals surface area contributed by atoms with E-state index in [1.807, 2.05) is 6.92 Å². The molecule has 1 atom stereocenters. The first-order chi connectivity index (χ1) is 8.98. The normalized spacial score (nSPS) is 14.8. The maximum absolute atomic E-state index is 10.3. The first kappa shape index (κ1) is 13.7. The summed E-state index contributed by atoms with van der Waals surface area (Å²) in [6.07, 6.45) is 4.81. The van der Waals surface area contributed by atoms with Gasteiger partial charge in [0.2, 0.25) is 0 Å². The van der Waals surface area contributed by atoms with Crippen LogP contribution in [0.1, 0.15) is 33.6 Å². The molecule has 0 unspecified atom stereocenters. The minimum atomic E-state index is -0.748. The number of aromatic nitrogens is 4. The summed E-state index contributed by atoms with van der Waals surface area (Å²) in [6, 6.07) is 0. The number of hydrogen-bond donors (Lipinski definition) is 3. The highest BCUT2D eigenvalue weighted by atomic mass is 16.3. The van der Waals surface area contributed by atoms with Gasteiger partial charge in [-0.1, -0.05) is 13.8 Å². The molecular weight excluding hydrogens is 242 g/mol. The van der Waals surface area contributed by atoms with Crippen LogP contribution < -0.4 is 5.32 Å². The zero-order valence-corrected chi connectivity index (χ0v) is 11.6. The number of H-pyrrole nitrogens is 1. The average Bonchev–Trinajstić information content (AvgIpc) is 2.83. The quantitative estimate of drug-likeness (QED) is 0.741. The molecule has 0 amide bonds. The lowest BCUT2D eigenvalue weighted by molar-refractivity contribution is 0.0585. The predicted octanol–water partition coefficient (Wildman–Crippen LogP) is 1.95. The molecule has 2 aromatic rings. The Bertz CT molecular complexity index is 535. The summed E-state index contributed by atoms with van der Waals surface area (Å²) in [6.45, 7) is 6.60. The molecule has 6 nitrogen and oxygen atoms in total. The lowest BCUT2D eigenvalue weighted by Crippen LogP contribution is -2.34. The summed E-state index contributed by atoms with van der Waals surface area (Å²) < 4.78 is 0. The molecule has 0 spiro atoms. The van der Waals surface area contributed by atoms with E-state index in [0.29, 0.717) is 23.9 Å².